The molecule has 0 unspecified atom stereocenters. The Bertz CT molecular complexity index is 1150. The van der Waals surface area contributed by atoms with Gasteiger partial charge in [-0.15, -0.1) is 0 Å². The van der Waals surface area contributed by atoms with Crippen molar-refractivity contribution in [1.29, 1.82) is 0 Å². The van der Waals surface area contributed by atoms with E-state index >= 15 is 0 Å². The summed E-state index contributed by atoms with van der Waals surface area (Å²) < 4.78 is 20.5. The number of methoxy groups -OCH3 is 1. The van der Waals surface area contributed by atoms with E-state index in [4.69, 9.17) is 4.74 Å². The molecule has 144 valence electrons. The number of carbonyl (C=O) groups is 2. The van der Waals surface area contributed by atoms with Crippen molar-refractivity contribution in [2.45, 2.75) is 32.2 Å². The summed E-state index contributed by atoms with van der Waals surface area (Å²) in [6.07, 6.45) is 4.32. The first kappa shape index (κ1) is 18.6. The molecule has 5 nitrogen and oxygen atoms in total. The average Bonchev–Trinajstić information content (AvgIpc) is 3.03. The van der Waals surface area contributed by atoms with Crippen molar-refractivity contribution in [2.24, 2.45) is 4.99 Å². The summed E-state index contributed by atoms with van der Waals surface area (Å²) in [4.78, 5) is 29.2. The highest BCUT2D eigenvalue weighted by molar-refractivity contribution is 7.16. The summed E-state index contributed by atoms with van der Waals surface area (Å²) >= 11 is 1.17. The quantitative estimate of drug-likeness (QED) is 0.633. The zero-order valence-electron chi connectivity index (χ0n) is 15.4. The lowest BCUT2D eigenvalue weighted by Gasteiger charge is -2.15. The van der Waals surface area contributed by atoms with E-state index in [9.17, 15) is 14.0 Å². The van der Waals surface area contributed by atoms with Crippen LogP contribution < -0.4 is 4.80 Å². The van der Waals surface area contributed by atoms with E-state index in [1.54, 1.807) is 16.7 Å². The van der Waals surface area contributed by atoms with Crippen molar-refractivity contribution in [3.63, 3.8) is 0 Å². The van der Waals surface area contributed by atoms with Crippen molar-refractivity contribution in [2.75, 3.05) is 7.11 Å². The van der Waals surface area contributed by atoms with Crippen molar-refractivity contribution < 1.29 is 18.7 Å². The van der Waals surface area contributed by atoms with Gasteiger partial charge in [0.2, 0.25) is 0 Å². The molecule has 0 aliphatic heterocycles. The molecule has 4 rings (SSSR count). The van der Waals surface area contributed by atoms with Gasteiger partial charge in [-0.3, -0.25) is 9.59 Å². The predicted octanol–water partition coefficient (Wildman–Crippen LogP) is 3.63. The number of ether oxygens (including phenoxy) is 1. The van der Waals surface area contributed by atoms with E-state index in [1.807, 2.05) is 12.1 Å². The maximum absolute atomic E-state index is 13.6. The first-order valence-electron chi connectivity index (χ1n) is 9.12. The van der Waals surface area contributed by atoms with Gasteiger partial charge in [0.1, 0.15) is 12.4 Å². The molecule has 1 heterocycles. The molecular formula is C21H19FN2O3S. The molecule has 7 heteroatoms. The lowest BCUT2D eigenvalue weighted by molar-refractivity contribution is -0.141. The number of hydrogen-bond donors (Lipinski definition) is 0. The minimum absolute atomic E-state index is 0.0988. The average molecular weight is 398 g/mol. The number of halogens is 1. The number of fused-ring (bicyclic) bond motifs is 2. The fourth-order valence-electron chi connectivity index (χ4n) is 3.50. The number of nitrogens with zero attached hydrogens (tertiary/aromatic N) is 2. The molecule has 0 radical (unpaired) electrons. The van der Waals surface area contributed by atoms with Gasteiger partial charge in [0.15, 0.2) is 4.80 Å². The third kappa shape index (κ3) is 3.62. The lowest BCUT2D eigenvalue weighted by atomic mass is 9.90. The Balaban J connectivity index is 1.78. The van der Waals surface area contributed by atoms with Crippen LogP contribution in [-0.4, -0.2) is 23.6 Å². The van der Waals surface area contributed by atoms with Crippen molar-refractivity contribution in [1.82, 2.24) is 4.57 Å². The second kappa shape index (κ2) is 7.67. The van der Waals surface area contributed by atoms with Gasteiger partial charge in [0, 0.05) is 5.56 Å². The second-order valence-electron chi connectivity index (χ2n) is 6.77. The number of benzene rings is 2. The third-order valence-corrected chi connectivity index (χ3v) is 5.99. The molecule has 0 N–H and O–H groups in total. The first-order chi connectivity index (χ1) is 13.5. The van der Waals surface area contributed by atoms with Crippen LogP contribution in [0.4, 0.5) is 4.39 Å². The van der Waals surface area contributed by atoms with Crippen LogP contribution in [0.15, 0.2) is 41.4 Å². The largest absolute Gasteiger partial charge is 0.468 e. The van der Waals surface area contributed by atoms with Gasteiger partial charge in [-0.25, -0.2) is 4.39 Å². The Hall–Kier alpha value is -2.80. The standard InChI is InChI=1S/C21H19FN2O3S/c1-27-19(25)12-24-17-9-8-16(22)11-18(17)28-21(24)23-20(26)15-7-6-13-4-2-3-5-14(13)10-15/h6-11H,2-5,12H2,1H3. The minimum atomic E-state index is -0.466. The fraction of sp³-hybridized carbons (Fsp3) is 0.286. The van der Waals surface area contributed by atoms with Gasteiger partial charge < -0.3 is 9.30 Å². The monoisotopic (exact) mass is 398 g/mol. The molecule has 0 atom stereocenters. The van der Waals surface area contributed by atoms with Gasteiger partial charge in [-0.1, -0.05) is 17.4 Å². The number of esters is 1. The van der Waals surface area contributed by atoms with Crippen molar-refractivity contribution in [3.8, 4) is 0 Å². The van der Waals surface area contributed by atoms with Crippen LogP contribution in [-0.2, 0) is 28.9 Å². The number of amides is 1. The van der Waals surface area contributed by atoms with Gasteiger partial charge in [0.25, 0.3) is 5.91 Å². The van der Waals surface area contributed by atoms with E-state index in [-0.39, 0.29) is 18.3 Å². The number of thiazole rings is 1. The van der Waals surface area contributed by atoms with Gasteiger partial charge >= 0.3 is 5.97 Å². The van der Waals surface area contributed by atoms with E-state index in [0.29, 0.717) is 20.6 Å². The van der Waals surface area contributed by atoms with Crippen molar-refractivity contribution >= 4 is 33.4 Å². The maximum atomic E-state index is 13.6. The molecular weight excluding hydrogens is 379 g/mol. The normalized spacial score (nSPS) is 14.1. The molecule has 1 aliphatic rings. The van der Waals surface area contributed by atoms with Crippen LogP contribution in [0.25, 0.3) is 10.2 Å². The van der Waals surface area contributed by atoms with Crippen molar-refractivity contribution in [3.05, 3.63) is 63.7 Å². The highest BCUT2D eigenvalue weighted by Crippen LogP contribution is 2.23. The highest BCUT2D eigenvalue weighted by Gasteiger charge is 2.15. The molecule has 0 saturated heterocycles. The summed E-state index contributed by atoms with van der Waals surface area (Å²) in [6.45, 7) is -0.0988. The number of carbonyl (C=O) groups excluding carboxylic acids is 2. The van der Waals surface area contributed by atoms with E-state index in [0.717, 1.165) is 19.3 Å². The number of hydrogen-bond acceptors (Lipinski definition) is 4. The van der Waals surface area contributed by atoms with Gasteiger partial charge in [-0.2, -0.15) is 4.99 Å². The van der Waals surface area contributed by atoms with Gasteiger partial charge in [0.05, 0.1) is 17.3 Å². The second-order valence-corrected chi connectivity index (χ2v) is 7.78. The number of aromatic nitrogens is 1. The van der Waals surface area contributed by atoms with Crippen LogP contribution in [0, 0.1) is 5.82 Å². The molecule has 2 aromatic carbocycles. The van der Waals surface area contributed by atoms with Gasteiger partial charge in [-0.05, 0) is 67.1 Å². The molecule has 1 amide bonds. The smallest absolute Gasteiger partial charge is 0.325 e. The predicted molar refractivity (Wildman–Crippen MR) is 105 cm³/mol. The Morgan fingerprint density at radius 2 is 1.93 bits per heavy atom. The molecule has 0 saturated carbocycles. The highest BCUT2D eigenvalue weighted by atomic mass is 32.1. The lowest BCUT2D eigenvalue weighted by Crippen LogP contribution is -2.22. The molecule has 0 bridgehead atoms. The summed E-state index contributed by atoms with van der Waals surface area (Å²) in [7, 11) is 1.30. The topological polar surface area (TPSA) is 60.7 Å². The van der Waals surface area contributed by atoms with E-state index in [1.165, 1.54) is 48.1 Å². The zero-order valence-corrected chi connectivity index (χ0v) is 16.2. The zero-order chi connectivity index (χ0) is 19.7. The van der Waals surface area contributed by atoms with E-state index < -0.39 is 5.97 Å². The van der Waals surface area contributed by atoms with Crippen LogP contribution in [0.3, 0.4) is 0 Å². The summed E-state index contributed by atoms with van der Waals surface area (Å²) in [6, 6.07) is 9.98. The Morgan fingerprint density at radius 3 is 2.71 bits per heavy atom. The fourth-order valence-corrected chi connectivity index (χ4v) is 4.55. The SMILES string of the molecule is COC(=O)Cn1c(=NC(=O)c2ccc3c(c2)CCCC3)sc2cc(F)ccc21. The van der Waals surface area contributed by atoms with E-state index in [2.05, 4.69) is 4.99 Å². The summed E-state index contributed by atoms with van der Waals surface area (Å²) in [5.74, 6) is -1.22. The molecule has 1 aliphatic carbocycles. The minimum Gasteiger partial charge on any atom is -0.468 e. The number of aryl methyl sites for hydroxylation is 2. The number of rotatable bonds is 3. The maximum Gasteiger partial charge on any atom is 0.325 e. The van der Waals surface area contributed by atoms with Crippen LogP contribution in [0.2, 0.25) is 0 Å². The summed E-state index contributed by atoms with van der Waals surface area (Å²) in [5.41, 5.74) is 3.65. The molecule has 1 aromatic heterocycles. The first-order valence-corrected chi connectivity index (χ1v) is 9.93. The molecule has 0 spiro atoms. The molecule has 3 aromatic rings. The third-order valence-electron chi connectivity index (χ3n) is 4.95. The molecule has 0 fully saturated rings. The molecule has 28 heavy (non-hydrogen) atoms. The van der Waals surface area contributed by atoms with Crippen LogP contribution >= 0.6 is 11.3 Å². The van der Waals surface area contributed by atoms with Crippen LogP contribution in [0.5, 0.6) is 0 Å². The van der Waals surface area contributed by atoms with Crippen LogP contribution in [0.1, 0.15) is 34.3 Å². The Morgan fingerprint density at radius 1 is 1.14 bits per heavy atom. The Kier molecular flexibility index (Phi) is 5.09. The summed E-state index contributed by atoms with van der Waals surface area (Å²) in [5, 5.41) is 0. The Labute approximate surface area is 165 Å².